The quantitative estimate of drug-likeness (QED) is 0.552. The first-order chi connectivity index (χ1) is 14.5. The van der Waals surface area contributed by atoms with Crippen molar-refractivity contribution in [2.24, 2.45) is 23.7 Å². The summed E-state index contributed by atoms with van der Waals surface area (Å²) in [6.07, 6.45) is 9.69. The van der Waals surface area contributed by atoms with Crippen molar-refractivity contribution in [2.75, 3.05) is 0 Å². The number of benzene rings is 1. The molecule has 1 aromatic rings. The Hall–Kier alpha value is -3.94. The van der Waals surface area contributed by atoms with Crippen LogP contribution in [0.2, 0.25) is 0 Å². The molecule has 2 heterocycles. The Morgan fingerprint density at radius 1 is 0.667 bits per heavy atom. The van der Waals surface area contributed by atoms with Gasteiger partial charge in [-0.3, -0.25) is 19.2 Å². The summed E-state index contributed by atoms with van der Waals surface area (Å²) < 4.78 is 21.1. The molecule has 8 heteroatoms. The smallest absolute Gasteiger partial charge is 0.325 e. The minimum atomic E-state index is -0.821. The third-order valence-corrected chi connectivity index (χ3v) is 5.22. The van der Waals surface area contributed by atoms with E-state index in [9.17, 15) is 19.2 Å². The molecule has 2 saturated heterocycles. The Balaban J connectivity index is 1.35. The van der Waals surface area contributed by atoms with E-state index in [-0.39, 0.29) is 0 Å². The Morgan fingerprint density at radius 2 is 1.13 bits per heavy atom. The third-order valence-electron chi connectivity index (χ3n) is 5.22. The van der Waals surface area contributed by atoms with Gasteiger partial charge in [0.1, 0.15) is 34.9 Å². The Bertz CT molecular complexity index is 1020. The first-order valence-electron chi connectivity index (χ1n) is 9.25. The zero-order valence-corrected chi connectivity index (χ0v) is 15.3. The lowest BCUT2D eigenvalue weighted by Crippen LogP contribution is -2.24. The predicted molar refractivity (Wildman–Crippen MR) is 98.3 cm³/mol. The van der Waals surface area contributed by atoms with Crippen molar-refractivity contribution in [3.63, 3.8) is 0 Å². The van der Waals surface area contributed by atoms with Crippen LogP contribution in [0.3, 0.4) is 0 Å². The summed E-state index contributed by atoms with van der Waals surface area (Å²) in [7, 11) is 0. The third kappa shape index (κ3) is 2.93. The summed E-state index contributed by atoms with van der Waals surface area (Å²) in [5.41, 5.74) is 0. The van der Waals surface area contributed by atoms with Crippen molar-refractivity contribution in [1.29, 1.82) is 0 Å². The molecule has 0 saturated carbocycles. The standard InChI is InChI=1S/C22H14O8/c23-19-13-6-2-8-15(17(13)21(25)29-19)27-11-4-1-5-12(10-11)28-16-9-3-7-14-18(16)22(26)30-20(14)24/h1-10,13-14,17-18H. The number of hydrogen-bond donors (Lipinski definition) is 0. The van der Waals surface area contributed by atoms with Crippen LogP contribution < -0.4 is 9.47 Å². The van der Waals surface area contributed by atoms with Gasteiger partial charge in [-0.05, 0) is 24.3 Å². The minimum Gasteiger partial charge on any atom is -0.461 e. The number of hydrogen-bond acceptors (Lipinski definition) is 8. The molecule has 0 aromatic heterocycles. The molecule has 30 heavy (non-hydrogen) atoms. The summed E-state index contributed by atoms with van der Waals surface area (Å²) >= 11 is 0. The van der Waals surface area contributed by atoms with Crippen LogP contribution in [-0.4, -0.2) is 23.9 Å². The topological polar surface area (TPSA) is 105 Å². The summed E-state index contributed by atoms with van der Waals surface area (Å²) in [6.45, 7) is 0. The fourth-order valence-corrected chi connectivity index (χ4v) is 3.81. The molecule has 0 amide bonds. The average Bonchev–Trinajstić information content (AvgIpc) is 3.19. The molecular weight excluding hydrogens is 392 g/mol. The zero-order chi connectivity index (χ0) is 20.8. The maximum Gasteiger partial charge on any atom is 0.325 e. The van der Waals surface area contributed by atoms with Crippen LogP contribution in [0.4, 0.5) is 0 Å². The Labute approximate surface area is 170 Å². The highest BCUT2D eigenvalue weighted by Gasteiger charge is 2.48. The highest BCUT2D eigenvalue weighted by Crippen LogP contribution is 2.38. The maximum atomic E-state index is 12.0. The molecule has 1 aromatic carbocycles. The lowest BCUT2D eigenvalue weighted by atomic mass is 9.89. The number of carbonyl (C=O) groups is 4. The molecule has 0 spiro atoms. The summed E-state index contributed by atoms with van der Waals surface area (Å²) in [4.78, 5) is 47.5. The van der Waals surface area contributed by atoms with Gasteiger partial charge in [0.25, 0.3) is 0 Å². The maximum absolute atomic E-state index is 12.0. The summed E-state index contributed by atoms with van der Waals surface area (Å²) in [5.74, 6) is -4.21. The van der Waals surface area contributed by atoms with Crippen LogP contribution in [0, 0.1) is 23.7 Å². The SMILES string of the molecule is O=C1OC(=O)C2C(Oc3cccc(OC4=CC=CC5C(=O)OC(=O)C45)c3)=CC=CC12. The molecule has 2 aliphatic heterocycles. The van der Waals surface area contributed by atoms with E-state index in [0.29, 0.717) is 23.0 Å². The lowest BCUT2D eigenvalue weighted by molar-refractivity contribution is -0.155. The van der Waals surface area contributed by atoms with Gasteiger partial charge in [0.05, 0.1) is 11.8 Å². The van der Waals surface area contributed by atoms with Gasteiger partial charge in [0, 0.05) is 6.07 Å². The second-order valence-electron chi connectivity index (χ2n) is 7.07. The van der Waals surface area contributed by atoms with Crippen molar-refractivity contribution >= 4 is 23.9 Å². The minimum absolute atomic E-state index is 0.292. The molecule has 0 radical (unpaired) electrons. The molecule has 2 fully saturated rings. The van der Waals surface area contributed by atoms with Crippen LogP contribution in [0.1, 0.15) is 0 Å². The monoisotopic (exact) mass is 406 g/mol. The largest absolute Gasteiger partial charge is 0.461 e. The zero-order valence-electron chi connectivity index (χ0n) is 15.3. The van der Waals surface area contributed by atoms with Crippen LogP contribution in [0.15, 0.2) is 72.2 Å². The van der Waals surface area contributed by atoms with Crippen LogP contribution in [0.5, 0.6) is 11.5 Å². The first kappa shape index (κ1) is 18.1. The van der Waals surface area contributed by atoms with Gasteiger partial charge in [-0.1, -0.05) is 30.4 Å². The number of carbonyl (C=O) groups excluding carboxylic acids is 4. The molecule has 5 rings (SSSR count). The molecule has 0 bridgehead atoms. The molecule has 150 valence electrons. The van der Waals surface area contributed by atoms with Crippen molar-refractivity contribution < 1.29 is 38.1 Å². The molecule has 4 aliphatic rings. The average molecular weight is 406 g/mol. The number of allylic oxidation sites excluding steroid dienone is 4. The van der Waals surface area contributed by atoms with Crippen molar-refractivity contribution in [3.8, 4) is 11.5 Å². The normalized spacial score (nSPS) is 28.9. The van der Waals surface area contributed by atoms with Gasteiger partial charge < -0.3 is 18.9 Å². The number of ether oxygens (including phenoxy) is 4. The molecule has 4 atom stereocenters. The molecule has 0 N–H and O–H groups in total. The number of esters is 4. The van der Waals surface area contributed by atoms with Crippen molar-refractivity contribution in [1.82, 2.24) is 0 Å². The molecule has 4 unspecified atom stereocenters. The van der Waals surface area contributed by atoms with Gasteiger partial charge in [0.2, 0.25) is 0 Å². The van der Waals surface area contributed by atoms with E-state index in [2.05, 4.69) is 0 Å². The predicted octanol–water partition coefficient (Wildman–Crippen LogP) is 1.98. The van der Waals surface area contributed by atoms with Crippen LogP contribution in [0.25, 0.3) is 0 Å². The number of rotatable bonds is 4. The van der Waals surface area contributed by atoms with E-state index in [1.54, 1.807) is 60.7 Å². The van der Waals surface area contributed by atoms with Gasteiger partial charge >= 0.3 is 23.9 Å². The van der Waals surface area contributed by atoms with Crippen LogP contribution in [-0.2, 0) is 28.7 Å². The highest BCUT2D eigenvalue weighted by atomic mass is 16.6. The second kappa shape index (κ2) is 6.84. The summed E-state index contributed by atoms with van der Waals surface area (Å²) in [5, 5.41) is 0. The fraction of sp³-hybridized carbons (Fsp3) is 0.182. The lowest BCUT2D eigenvalue weighted by Gasteiger charge is -2.20. The second-order valence-corrected chi connectivity index (χ2v) is 7.07. The molecule has 8 nitrogen and oxygen atoms in total. The van der Waals surface area contributed by atoms with Gasteiger partial charge in [-0.25, -0.2) is 0 Å². The van der Waals surface area contributed by atoms with E-state index in [4.69, 9.17) is 18.9 Å². The van der Waals surface area contributed by atoms with E-state index in [1.165, 1.54) is 0 Å². The van der Waals surface area contributed by atoms with E-state index in [1.807, 2.05) is 0 Å². The van der Waals surface area contributed by atoms with Crippen molar-refractivity contribution in [3.05, 3.63) is 72.2 Å². The van der Waals surface area contributed by atoms with Gasteiger partial charge in [0.15, 0.2) is 0 Å². The first-order valence-corrected chi connectivity index (χ1v) is 9.25. The fourth-order valence-electron chi connectivity index (χ4n) is 3.81. The number of fused-ring (bicyclic) bond motifs is 2. The highest BCUT2D eigenvalue weighted by molar-refractivity contribution is 6.00. The molecular formula is C22H14O8. The Kier molecular flexibility index (Phi) is 4.13. The van der Waals surface area contributed by atoms with Crippen LogP contribution >= 0.6 is 0 Å². The van der Waals surface area contributed by atoms with E-state index >= 15 is 0 Å². The van der Waals surface area contributed by atoms with E-state index in [0.717, 1.165) is 0 Å². The van der Waals surface area contributed by atoms with Gasteiger partial charge in [-0.2, -0.15) is 0 Å². The van der Waals surface area contributed by atoms with Crippen molar-refractivity contribution in [2.45, 2.75) is 0 Å². The number of cyclic esters (lactones) is 4. The summed E-state index contributed by atoms with van der Waals surface area (Å²) in [6, 6.07) is 6.57. The Morgan fingerprint density at radius 3 is 1.60 bits per heavy atom. The molecule has 2 aliphatic carbocycles. The van der Waals surface area contributed by atoms with Gasteiger partial charge in [-0.15, -0.1) is 0 Å². The van der Waals surface area contributed by atoms with E-state index < -0.39 is 47.5 Å².